The van der Waals surface area contributed by atoms with Gasteiger partial charge in [-0.05, 0) is 63.0 Å². The summed E-state index contributed by atoms with van der Waals surface area (Å²) < 4.78 is 22.4. The Bertz CT molecular complexity index is 835. The van der Waals surface area contributed by atoms with Gasteiger partial charge in [-0.3, -0.25) is 4.79 Å². The number of fused-ring (bicyclic) bond motifs is 5. The molecule has 4 rings (SSSR count). The summed E-state index contributed by atoms with van der Waals surface area (Å²) in [6.45, 7) is 7.50. The Labute approximate surface area is 177 Å². The van der Waals surface area contributed by atoms with Crippen LogP contribution in [0.25, 0.3) is 0 Å². The summed E-state index contributed by atoms with van der Waals surface area (Å²) in [5.41, 5.74) is -5.05. The fourth-order valence-electron chi connectivity index (χ4n) is 7.29. The molecular formula is C24H33FO5. The molecular weight excluding hydrogens is 387 g/mol. The van der Waals surface area contributed by atoms with Crippen LogP contribution < -0.4 is 0 Å². The summed E-state index contributed by atoms with van der Waals surface area (Å²) in [6, 6.07) is 0. The molecule has 2 N–H and O–H groups in total. The lowest BCUT2D eigenvalue weighted by Gasteiger charge is -2.62. The number of hydrogen-bond acceptors (Lipinski definition) is 5. The van der Waals surface area contributed by atoms with Gasteiger partial charge in [-0.1, -0.05) is 32.4 Å². The molecule has 6 unspecified atom stereocenters. The lowest BCUT2D eigenvalue weighted by atomic mass is 9.45. The van der Waals surface area contributed by atoms with E-state index in [2.05, 4.69) is 0 Å². The van der Waals surface area contributed by atoms with Crippen molar-refractivity contribution in [3.63, 3.8) is 0 Å². The minimum Gasteiger partial charge on any atom is -0.464 e. The quantitative estimate of drug-likeness (QED) is 0.685. The molecule has 4 aliphatic carbocycles. The number of aliphatic hydroxyl groups excluding tert-OH is 1. The minimum atomic E-state index is -1.96. The van der Waals surface area contributed by atoms with E-state index in [9.17, 15) is 19.8 Å². The molecule has 0 aromatic rings. The smallest absolute Gasteiger partial charge is 0.338 e. The van der Waals surface area contributed by atoms with Crippen molar-refractivity contribution >= 4 is 11.8 Å². The maximum atomic E-state index is 17.0. The van der Waals surface area contributed by atoms with Crippen LogP contribution in [0.3, 0.4) is 0 Å². The van der Waals surface area contributed by atoms with Crippen LogP contribution in [0.5, 0.6) is 0 Å². The number of alkyl halides is 1. The van der Waals surface area contributed by atoms with Crippen LogP contribution in [-0.2, 0) is 14.3 Å². The standard InChI is InChI=1S/C24H33FO5/c1-5-10-30-20(28)24(29)14(2)11-18-17-7-6-15-12-16(26)8-9-21(15,3)23(17,25)19(27)13-22(18,24)4/h8-9,12,14,17-19,27,29H,5-7,10-11,13H2,1-4H3/t14-,17?,18?,19?,21?,22?,23?,24-/m0/s1. The van der Waals surface area contributed by atoms with Crippen molar-refractivity contribution in [2.45, 2.75) is 77.2 Å². The Balaban J connectivity index is 1.77. The lowest BCUT2D eigenvalue weighted by Crippen LogP contribution is -2.69. The third-order valence-corrected chi connectivity index (χ3v) is 8.97. The van der Waals surface area contributed by atoms with Gasteiger partial charge in [0.15, 0.2) is 17.1 Å². The molecule has 30 heavy (non-hydrogen) atoms. The van der Waals surface area contributed by atoms with Crippen molar-refractivity contribution < 1.29 is 28.9 Å². The Kier molecular flexibility index (Phi) is 4.87. The average Bonchev–Trinajstić information content (AvgIpc) is 2.89. The first kappa shape index (κ1) is 21.7. The highest BCUT2D eigenvalue weighted by atomic mass is 19.1. The molecule has 0 heterocycles. The number of ether oxygens (including phenoxy) is 1. The molecule has 166 valence electrons. The van der Waals surface area contributed by atoms with Crippen molar-refractivity contribution in [1.29, 1.82) is 0 Å². The predicted octanol–water partition coefficient (Wildman–Crippen LogP) is 3.29. The maximum absolute atomic E-state index is 17.0. The van der Waals surface area contributed by atoms with Crippen LogP contribution in [0.15, 0.2) is 23.8 Å². The second-order valence-electron chi connectivity index (χ2n) is 10.3. The van der Waals surface area contributed by atoms with Crippen molar-refractivity contribution in [1.82, 2.24) is 0 Å². The molecule has 0 aromatic carbocycles. The number of aliphatic hydroxyl groups is 2. The number of halogens is 1. The van der Waals surface area contributed by atoms with Gasteiger partial charge >= 0.3 is 5.97 Å². The van der Waals surface area contributed by atoms with Crippen LogP contribution >= 0.6 is 0 Å². The number of ketones is 1. The van der Waals surface area contributed by atoms with Crippen molar-refractivity contribution in [2.75, 3.05) is 6.61 Å². The Morgan fingerprint density at radius 2 is 2.03 bits per heavy atom. The zero-order valence-electron chi connectivity index (χ0n) is 18.3. The van der Waals surface area contributed by atoms with E-state index in [1.165, 1.54) is 12.2 Å². The minimum absolute atomic E-state index is 0.0304. The summed E-state index contributed by atoms with van der Waals surface area (Å²) in [5.74, 6) is -2.01. The van der Waals surface area contributed by atoms with E-state index in [1.54, 1.807) is 13.0 Å². The number of hydrogen-bond donors (Lipinski definition) is 2. The van der Waals surface area contributed by atoms with Gasteiger partial charge in [-0.25, -0.2) is 9.18 Å². The zero-order chi connectivity index (χ0) is 22.1. The molecule has 8 atom stereocenters. The zero-order valence-corrected chi connectivity index (χ0v) is 18.3. The highest BCUT2D eigenvalue weighted by Gasteiger charge is 2.76. The third kappa shape index (κ3) is 2.41. The van der Waals surface area contributed by atoms with E-state index in [0.717, 1.165) is 5.57 Å². The van der Waals surface area contributed by atoms with Crippen LogP contribution in [-0.4, -0.2) is 45.9 Å². The van der Waals surface area contributed by atoms with E-state index < -0.39 is 46.0 Å². The van der Waals surface area contributed by atoms with Gasteiger partial charge in [-0.2, -0.15) is 0 Å². The molecule has 3 fully saturated rings. The first-order chi connectivity index (χ1) is 14.0. The normalized spacial score (nSPS) is 49.7. The van der Waals surface area contributed by atoms with Crippen molar-refractivity contribution in [2.24, 2.45) is 28.6 Å². The highest BCUT2D eigenvalue weighted by Crippen LogP contribution is 2.70. The predicted molar refractivity (Wildman–Crippen MR) is 109 cm³/mol. The molecule has 5 nitrogen and oxygen atoms in total. The van der Waals surface area contributed by atoms with E-state index in [1.807, 2.05) is 20.8 Å². The second kappa shape index (κ2) is 6.73. The number of allylic oxidation sites excluding steroid dienone is 4. The van der Waals surface area contributed by atoms with Crippen molar-refractivity contribution in [3.8, 4) is 0 Å². The number of rotatable bonds is 3. The van der Waals surface area contributed by atoms with Gasteiger partial charge < -0.3 is 14.9 Å². The molecule has 0 bridgehead atoms. The first-order valence-electron chi connectivity index (χ1n) is 11.2. The lowest BCUT2D eigenvalue weighted by molar-refractivity contribution is -0.227. The maximum Gasteiger partial charge on any atom is 0.338 e. The van der Waals surface area contributed by atoms with Gasteiger partial charge in [-0.15, -0.1) is 0 Å². The highest BCUT2D eigenvalue weighted by molar-refractivity contribution is 6.01. The average molecular weight is 421 g/mol. The van der Waals surface area contributed by atoms with E-state index in [0.29, 0.717) is 25.7 Å². The summed E-state index contributed by atoms with van der Waals surface area (Å²) in [7, 11) is 0. The summed E-state index contributed by atoms with van der Waals surface area (Å²) in [6.07, 6.45) is 5.30. The van der Waals surface area contributed by atoms with E-state index >= 15 is 4.39 Å². The van der Waals surface area contributed by atoms with Crippen LogP contribution in [0, 0.1) is 28.6 Å². The molecule has 6 heteroatoms. The topological polar surface area (TPSA) is 83.8 Å². The SMILES string of the molecule is CCCOC(=O)[C@@]1(O)[C@@H](C)CC2C3CCC4=CC(=O)C=CC4(C)C3(F)C(O)CC21C. The first-order valence-corrected chi connectivity index (χ1v) is 11.2. The van der Waals surface area contributed by atoms with Crippen LogP contribution in [0.4, 0.5) is 4.39 Å². The molecule has 0 radical (unpaired) electrons. The number of esters is 1. The summed E-state index contributed by atoms with van der Waals surface area (Å²) in [4.78, 5) is 24.9. The van der Waals surface area contributed by atoms with Gasteiger partial charge in [0, 0.05) is 16.7 Å². The molecule has 4 aliphatic rings. The second-order valence-corrected chi connectivity index (χ2v) is 10.3. The molecule has 0 saturated heterocycles. The third-order valence-electron chi connectivity index (χ3n) is 8.97. The van der Waals surface area contributed by atoms with E-state index in [4.69, 9.17) is 4.74 Å². The number of carbonyl (C=O) groups is 2. The largest absolute Gasteiger partial charge is 0.464 e. The Hall–Kier alpha value is -1.53. The Morgan fingerprint density at radius 3 is 2.70 bits per heavy atom. The summed E-state index contributed by atoms with van der Waals surface area (Å²) >= 11 is 0. The molecule has 3 saturated carbocycles. The van der Waals surface area contributed by atoms with Crippen molar-refractivity contribution in [3.05, 3.63) is 23.8 Å². The van der Waals surface area contributed by atoms with Gasteiger partial charge in [0.05, 0.1) is 12.7 Å². The Morgan fingerprint density at radius 1 is 1.33 bits per heavy atom. The van der Waals surface area contributed by atoms with Crippen LogP contribution in [0.2, 0.25) is 0 Å². The van der Waals surface area contributed by atoms with Crippen LogP contribution in [0.1, 0.15) is 59.8 Å². The van der Waals surface area contributed by atoms with E-state index in [-0.39, 0.29) is 24.7 Å². The fourth-order valence-corrected chi connectivity index (χ4v) is 7.29. The molecule has 0 amide bonds. The van der Waals surface area contributed by atoms with Gasteiger partial charge in [0.2, 0.25) is 0 Å². The van der Waals surface area contributed by atoms with Gasteiger partial charge in [0.25, 0.3) is 0 Å². The fraction of sp³-hybridized carbons (Fsp3) is 0.750. The number of carbonyl (C=O) groups excluding carboxylic acids is 2. The summed E-state index contributed by atoms with van der Waals surface area (Å²) in [5, 5.41) is 22.9. The van der Waals surface area contributed by atoms with Gasteiger partial charge in [0.1, 0.15) is 0 Å². The monoisotopic (exact) mass is 420 g/mol. The molecule has 0 aromatic heterocycles. The molecule has 0 spiro atoms. The molecule has 0 aliphatic heterocycles.